The molecule has 1 atom stereocenters. The van der Waals surface area contributed by atoms with Crippen LogP contribution in [0.3, 0.4) is 0 Å². The van der Waals surface area contributed by atoms with Crippen LogP contribution in [-0.2, 0) is 14.3 Å². The number of ketones is 1. The second-order valence-electron chi connectivity index (χ2n) is 5.69. The van der Waals surface area contributed by atoms with Crippen LogP contribution in [0.5, 0.6) is 0 Å². The zero-order valence-corrected chi connectivity index (χ0v) is 14.3. The smallest absolute Gasteiger partial charge is 0.311 e. The van der Waals surface area contributed by atoms with Gasteiger partial charge in [-0.1, -0.05) is 6.07 Å². The third-order valence-electron chi connectivity index (χ3n) is 3.97. The molecule has 0 spiro atoms. The molecule has 1 saturated heterocycles. The van der Waals surface area contributed by atoms with Crippen LogP contribution in [0.1, 0.15) is 16.1 Å². The molecule has 2 heterocycles. The lowest BCUT2D eigenvalue weighted by molar-refractivity contribution is -0.384. The highest BCUT2D eigenvalue weighted by Gasteiger charge is 2.36. The summed E-state index contributed by atoms with van der Waals surface area (Å²) in [5, 5.41) is 12.4. The number of anilines is 1. The molecule has 2 aromatic rings. The second-order valence-corrected chi connectivity index (χ2v) is 6.63. The first-order chi connectivity index (χ1) is 12.5. The van der Waals surface area contributed by atoms with Gasteiger partial charge < -0.3 is 9.64 Å². The van der Waals surface area contributed by atoms with Crippen molar-refractivity contribution in [2.75, 3.05) is 18.1 Å². The Hall–Kier alpha value is -3.07. The maximum Gasteiger partial charge on any atom is 0.311 e. The summed E-state index contributed by atoms with van der Waals surface area (Å²) in [4.78, 5) is 48.2. The molecule has 0 bridgehead atoms. The Labute approximate surface area is 152 Å². The monoisotopic (exact) mass is 374 g/mol. The van der Waals surface area contributed by atoms with Gasteiger partial charge in [0.1, 0.15) is 0 Å². The summed E-state index contributed by atoms with van der Waals surface area (Å²) in [5.74, 6) is -1.84. The SMILES string of the molecule is O=C(COC(=O)[C@@H]1CC(=O)N(c2ccc([N+](=O)[O-])cc2)C1)c1cccs1. The van der Waals surface area contributed by atoms with Crippen LogP contribution in [0.4, 0.5) is 11.4 Å². The van der Waals surface area contributed by atoms with E-state index in [2.05, 4.69) is 0 Å². The number of rotatable bonds is 6. The van der Waals surface area contributed by atoms with E-state index in [1.807, 2.05) is 0 Å². The van der Waals surface area contributed by atoms with Crippen molar-refractivity contribution in [2.24, 2.45) is 5.92 Å². The van der Waals surface area contributed by atoms with Gasteiger partial charge in [0.25, 0.3) is 5.69 Å². The highest BCUT2D eigenvalue weighted by Crippen LogP contribution is 2.27. The largest absolute Gasteiger partial charge is 0.457 e. The zero-order valence-electron chi connectivity index (χ0n) is 13.5. The topological polar surface area (TPSA) is 107 Å². The van der Waals surface area contributed by atoms with Gasteiger partial charge in [-0.2, -0.15) is 0 Å². The highest BCUT2D eigenvalue weighted by molar-refractivity contribution is 7.12. The van der Waals surface area contributed by atoms with Crippen molar-refractivity contribution in [1.82, 2.24) is 0 Å². The molecule has 1 fully saturated rings. The van der Waals surface area contributed by atoms with Crippen molar-refractivity contribution in [3.63, 3.8) is 0 Å². The number of nitrogens with zero attached hydrogens (tertiary/aromatic N) is 2. The van der Waals surface area contributed by atoms with Gasteiger partial charge in [0.15, 0.2) is 6.61 Å². The average Bonchev–Trinajstić information content (AvgIpc) is 3.29. The Morgan fingerprint density at radius 1 is 1.27 bits per heavy atom. The maximum atomic E-state index is 12.2. The fraction of sp³-hybridized carbons (Fsp3) is 0.235. The minimum Gasteiger partial charge on any atom is -0.457 e. The number of thiophene rings is 1. The number of nitro groups is 1. The lowest BCUT2D eigenvalue weighted by Gasteiger charge is -2.16. The summed E-state index contributed by atoms with van der Waals surface area (Å²) in [6.45, 7) is -0.246. The van der Waals surface area contributed by atoms with Crippen molar-refractivity contribution in [3.05, 3.63) is 56.8 Å². The van der Waals surface area contributed by atoms with Crippen LogP contribution in [-0.4, -0.2) is 35.7 Å². The van der Waals surface area contributed by atoms with Gasteiger partial charge >= 0.3 is 5.97 Å². The molecular weight excluding hydrogens is 360 g/mol. The highest BCUT2D eigenvalue weighted by atomic mass is 32.1. The number of esters is 1. The van der Waals surface area contributed by atoms with Crippen LogP contribution in [0.2, 0.25) is 0 Å². The normalized spacial score (nSPS) is 16.5. The molecule has 3 rings (SSSR count). The van der Waals surface area contributed by atoms with Crippen LogP contribution >= 0.6 is 11.3 Å². The molecule has 0 N–H and O–H groups in total. The van der Waals surface area contributed by atoms with Crippen molar-refractivity contribution >= 4 is 40.4 Å². The summed E-state index contributed by atoms with van der Waals surface area (Å²) in [6, 6.07) is 8.91. The van der Waals surface area contributed by atoms with Crippen LogP contribution in [0.25, 0.3) is 0 Å². The predicted octanol–water partition coefficient (Wildman–Crippen LogP) is 2.44. The second kappa shape index (κ2) is 7.44. The molecule has 134 valence electrons. The Morgan fingerprint density at radius 3 is 2.62 bits per heavy atom. The lowest BCUT2D eigenvalue weighted by Crippen LogP contribution is -2.27. The van der Waals surface area contributed by atoms with Crippen molar-refractivity contribution in [3.8, 4) is 0 Å². The van der Waals surface area contributed by atoms with Crippen LogP contribution in [0, 0.1) is 16.0 Å². The first kappa shape index (κ1) is 17.7. The predicted molar refractivity (Wildman–Crippen MR) is 93.2 cm³/mol. The number of amides is 1. The molecule has 1 aromatic carbocycles. The molecule has 1 amide bonds. The lowest BCUT2D eigenvalue weighted by atomic mass is 10.1. The summed E-state index contributed by atoms with van der Waals surface area (Å²) >= 11 is 1.27. The molecule has 8 nitrogen and oxygen atoms in total. The van der Waals surface area contributed by atoms with Gasteiger partial charge in [-0.15, -0.1) is 11.3 Å². The number of nitro benzene ring substituents is 1. The Morgan fingerprint density at radius 2 is 2.00 bits per heavy atom. The minimum absolute atomic E-state index is 0.0248. The van der Waals surface area contributed by atoms with Crippen molar-refractivity contribution in [1.29, 1.82) is 0 Å². The summed E-state index contributed by atoms with van der Waals surface area (Å²) < 4.78 is 5.04. The number of non-ortho nitro benzene ring substituents is 1. The number of ether oxygens (including phenoxy) is 1. The quantitative estimate of drug-likeness (QED) is 0.333. The van der Waals surface area contributed by atoms with Crippen LogP contribution in [0.15, 0.2) is 41.8 Å². The molecule has 0 radical (unpaired) electrons. The summed E-state index contributed by atoms with van der Waals surface area (Å²) in [7, 11) is 0. The van der Waals surface area contributed by atoms with Gasteiger partial charge in [0.05, 0.1) is 15.7 Å². The van der Waals surface area contributed by atoms with Gasteiger partial charge in [-0.3, -0.25) is 24.5 Å². The molecule has 0 saturated carbocycles. The molecular formula is C17H14N2O6S. The molecule has 1 aromatic heterocycles. The molecule has 1 aliphatic rings. The Balaban J connectivity index is 1.59. The number of carbonyl (C=O) groups excluding carboxylic acids is 3. The van der Waals surface area contributed by atoms with E-state index in [0.717, 1.165) is 0 Å². The number of Topliss-reactive ketones (excluding diaryl/α,β-unsaturated/α-hetero) is 1. The summed E-state index contributed by atoms with van der Waals surface area (Å²) in [6.07, 6.45) is -0.0248. The van der Waals surface area contributed by atoms with E-state index in [1.165, 1.54) is 40.5 Å². The third-order valence-corrected chi connectivity index (χ3v) is 4.88. The first-order valence-corrected chi connectivity index (χ1v) is 8.62. The number of carbonyl (C=O) groups is 3. The van der Waals surface area contributed by atoms with E-state index in [-0.39, 0.29) is 37.0 Å². The molecule has 26 heavy (non-hydrogen) atoms. The van der Waals surface area contributed by atoms with Crippen LogP contribution < -0.4 is 4.90 Å². The van der Waals surface area contributed by atoms with Gasteiger partial charge in [-0.05, 0) is 23.6 Å². The van der Waals surface area contributed by atoms with E-state index in [1.54, 1.807) is 17.5 Å². The van der Waals surface area contributed by atoms with E-state index in [0.29, 0.717) is 10.6 Å². The van der Waals surface area contributed by atoms with E-state index < -0.39 is 16.8 Å². The fourth-order valence-corrected chi connectivity index (χ4v) is 3.28. The molecule has 0 aliphatic carbocycles. The molecule has 9 heteroatoms. The standard InChI is InChI=1S/C17H14N2O6S/c20-14(15-2-1-7-26-15)10-25-17(22)11-8-16(21)18(9-11)12-3-5-13(6-4-12)19(23)24/h1-7,11H,8-10H2/t11-/m1/s1. The number of hydrogen-bond donors (Lipinski definition) is 0. The summed E-state index contributed by atoms with van der Waals surface area (Å²) in [5.41, 5.74) is 0.397. The fourth-order valence-electron chi connectivity index (χ4n) is 2.63. The minimum atomic E-state index is -0.672. The third kappa shape index (κ3) is 3.77. The van der Waals surface area contributed by atoms with Crippen molar-refractivity contribution < 1.29 is 24.0 Å². The average molecular weight is 374 g/mol. The Kier molecular flexibility index (Phi) is 5.08. The van der Waals surface area contributed by atoms with Gasteiger partial charge in [0, 0.05) is 30.8 Å². The van der Waals surface area contributed by atoms with E-state index in [4.69, 9.17) is 4.74 Å². The Bertz CT molecular complexity index is 847. The van der Waals surface area contributed by atoms with Gasteiger partial charge in [0.2, 0.25) is 11.7 Å². The van der Waals surface area contributed by atoms with Crippen molar-refractivity contribution in [2.45, 2.75) is 6.42 Å². The van der Waals surface area contributed by atoms with Gasteiger partial charge in [-0.25, -0.2) is 0 Å². The maximum absolute atomic E-state index is 12.2. The van der Waals surface area contributed by atoms with E-state index >= 15 is 0 Å². The number of hydrogen-bond acceptors (Lipinski definition) is 7. The zero-order chi connectivity index (χ0) is 18.7. The first-order valence-electron chi connectivity index (χ1n) is 7.74. The van der Waals surface area contributed by atoms with E-state index in [9.17, 15) is 24.5 Å². The molecule has 0 unspecified atom stereocenters. The number of benzene rings is 1. The molecule has 1 aliphatic heterocycles.